The largest absolute Gasteiger partial charge is 0.417 e. The number of rotatable bonds is 7. The zero-order chi connectivity index (χ0) is 26.9. The van der Waals surface area contributed by atoms with Crippen LogP contribution in [0.1, 0.15) is 25.0 Å². The van der Waals surface area contributed by atoms with E-state index in [9.17, 15) is 26.7 Å². The van der Waals surface area contributed by atoms with Gasteiger partial charge >= 0.3 is 6.18 Å². The van der Waals surface area contributed by atoms with E-state index in [4.69, 9.17) is 17.0 Å². The van der Waals surface area contributed by atoms with Gasteiger partial charge in [0.1, 0.15) is 5.60 Å². The second-order valence-corrected chi connectivity index (χ2v) is 11.1. The maximum absolute atomic E-state index is 13.7. The average Bonchev–Trinajstić information content (AvgIpc) is 2.78. The van der Waals surface area contributed by atoms with Crippen LogP contribution < -0.4 is 5.32 Å². The van der Waals surface area contributed by atoms with E-state index in [0.29, 0.717) is 11.1 Å². The number of alkyl halides is 3. The van der Waals surface area contributed by atoms with Crippen LogP contribution >= 0.6 is 11.6 Å². The smallest absolute Gasteiger partial charge is 0.384 e. The Labute approximate surface area is 212 Å². The first-order chi connectivity index (χ1) is 16.6. The Morgan fingerprint density at radius 3 is 2.22 bits per heavy atom. The molecule has 0 aliphatic heterocycles. The van der Waals surface area contributed by atoms with E-state index in [0.717, 1.165) is 18.4 Å². The lowest BCUT2D eigenvalue weighted by Crippen LogP contribution is -2.29. The van der Waals surface area contributed by atoms with E-state index in [1.807, 2.05) is 0 Å². The van der Waals surface area contributed by atoms with Gasteiger partial charge in [-0.1, -0.05) is 48.0 Å². The third-order valence-corrected chi connectivity index (χ3v) is 6.73. The second-order valence-electron chi connectivity index (χ2n) is 8.69. The number of hydrogen-bond donors (Lipinski definition) is 3. The third-order valence-electron chi connectivity index (χ3n) is 5.30. The highest BCUT2D eigenvalue weighted by Crippen LogP contribution is 2.37. The predicted molar refractivity (Wildman–Crippen MR) is 137 cm³/mol. The van der Waals surface area contributed by atoms with Gasteiger partial charge in [-0.2, -0.15) is 13.2 Å². The maximum atomic E-state index is 13.7. The van der Waals surface area contributed by atoms with Crippen molar-refractivity contribution >= 4 is 38.5 Å². The van der Waals surface area contributed by atoms with Gasteiger partial charge in [0, 0.05) is 17.5 Å². The quantitative estimate of drug-likeness (QED) is 0.294. The summed E-state index contributed by atoms with van der Waals surface area (Å²) in [7, 11) is -3.42. The monoisotopic (exact) mass is 536 g/mol. The molecule has 0 aromatic heterocycles. The number of halogens is 4. The minimum atomic E-state index is -4.66. The second kappa shape index (κ2) is 10.1. The Morgan fingerprint density at radius 2 is 1.64 bits per heavy atom. The van der Waals surface area contributed by atoms with Crippen molar-refractivity contribution in [1.82, 2.24) is 0 Å². The Kier molecular flexibility index (Phi) is 7.69. The highest BCUT2D eigenvalue weighted by Gasteiger charge is 2.34. The highest BCUT2D eigenvalue weighted by atomic mass is 35.5. The number of hydrogen-bond acceptors (Lipinski definition) is 5. The summed E-state index contributed by atoms with van der Waals surface area (Å²) >= 11 is 6.46. The molecule has 190 valence electrons. The van der Waals surface area contributed by atoms with Gasteiger partial charge in [-0.15, -0.1) is 0 Å². The molecule has 0 atom stereocenters. The lowest BCUT2D eigenvalue weighted by atomic mass is 9.97. The normalized spacial score (nSPS) is 12.9. The van der Waals surface area contributed by atoms with Crippen molar-refractivity contribution in [1.29, 1.82) is 5.41 Å². The van der Waals surface area contributed by atoms with Gasteiger partial charge in [-0.05, 0) is 61.4 Å². The molecule has 36 heavy (non-hydrogen) atoms. The molecule has 0 aliphatic rings. The molecule has 5 nitrogen and oxygen atoms in total. The number of sulfone groups is 1. The fraction of sp³-hybridized carbons (Fsp3) is 0.192. The molecule has 0 bridgehead atoms. The molecule has 0 aliphatic carbocycles. The van der Waals surface area contributed by atoms with Crippen molar-refractivity contribution in [2.24, 2.45) is 0 Å². The van der Waals surface area contributed by atoms with Crippen molar-refractivity contribution in [3.63, 3.8) is 0 Å². The van der Waals surface area contributed by atoms with Crippen LogP contribution in [-0.2, 0) is 16.0 Å². The van der Waals surface area contributed by atoms with E-state index in [1.165, 1.54) is 44.2 Å². The van der Waals surface area contributed by atoms with Crippen LogP contribution in [0.4, 0.5) is 18.9 Å². The number of nitrogens with one attached hydrogen (secondary N) is 2. The Morgan fingerprint density at radius 1 is 1.00 bits per heavy atom. The first-order valence-electron chi connectivity index (χ1n) is 10.6. The average molecular weight is 537 g/mol. The molecule has 3 aromatic carbocycles. The van der Waals surface area contributed by atoms with Crippen molar-refractivity contribution in [3.05, 3.63) is 89.0 Å². The van der Waals surface area contributed by atoms with Crippen molar-refractivity contribution in [3.8, 4) is 11.1 Å². The molecule has 0 heterocycles. The molecule has 3 aromatic rings. The van der Waals surface area contributed by atoms with E-state index in [1.54, 1.807) is 30.3 Å². The summed E-state index contributed by atoms with van der Waals surface area (Å²) < 4.78 is 65.0. The Balaban J connectivity index is 2.08. The number of benzene rings is 3. The van der Waals surface area contributed by atoms with Gasteiger partial charge in [0.15, 0.2) is 9.84 Å². The minimum Gasteiger partial charge on any atom is -0.384 e. The van der Waals surface area contributed by atoms with Gasteiger partial charge in [0.25, 0.3) is 0 Å². The zero-order valence-electron chi connectivity index (χ0n) is 19.6. The standard InChI is InChI=1S/C26H24ClF3N2O3S/c1-25(2,33)24(31)15-23(19-9-4-5-10-20(19)26(28,29)30)32-22-12-11-17(14-21(22)27)16-7-6-8-18(13-16)36(3,34)35/h4-15,31-33H,1-3H3/b23-15-,31-24?. The Bertz CT molecular complexity index is 1440. The van der Waals surface area contributed by atoms with Gasteiger partial charge in [0.2, 0.25) is 0 Å². The van der Waals surface area contributed by atoms with Gasteiger partial charge in [0.05, 0.1) is 26.9 Å². The van der Waals surface area contributed by atoms with Crippen LogP contribution in [0.15, 0.2) is 77.7 Å². The van der Waals surface area contributed by atoms with Crippen molar-refractivity contribution in [2.75, 3.05) is 11.6 Å². The summed E-state index contributed by atoms with van der Waals surface area (Å²) in [5.41, 5.74) is -1.69. The summed E-state index contributed by atoms with van der Waals surface area (Å²) in [5, 5.41) is 21.4. The summed E-state index contributed by atoms with van der Waals surface area (Å²) in [6.45, 7) is 2.71. The third kappa shape index (κ3) is 6.54. The minimum absolute atomic E-state index is 0.0798. The van der Waals surface area contributed by atoms with Crippen LogP contribution in [-0.4, -0.2) is 31.1 Å². The molecule has 0 saturated carbocycles. The van der Waals surface area contributed by atoms with E-state index in [-0.39, 0.29) is 32.6 Å². The first-order valence-corrected chi connectivity index (χ1v) is 12.9. The molecule has 0 radical (unpaired) electrons. The predicted octanol–water partition coefficient (Wildman–Crippen LogP) is 6.67. The van der Waals surface area contributed by atoms with Crippen LogP contribution in [0.2, 0.25) is 5.02 Å². The van der Waals surface area contributed by atoms with E-state index >= 15 is 0 Å². The number of aliphatic hydroxyl groups is 1. The Hall–Kier alpha value is -3.14. The SMILES string of the molecule is CC(C)(O)C(=N)/C=C(\Nc1ccc(-c2cccc(S(C)(=O)=O)c2)cc1Cl)c1ccccc1C(F)(F)F. The van der Waals surface area contributed by atoms with Crippen LogP contribution in [0, 0.1) is 5.41 Å². The zero-order valence-corrected chi connectivity index (χ0v) is 21.2. The topological polar surface area (TPSA) is 90.2 Å². The maximum Gasteiger partial charge on any atom is 0.417 e. The van der Waals surface area contributed by atoms with E-state index in [2.05, 4.69) is 5.32 Å². The lowest BCUT2D eigenvalue weighted by molar-refractivity contribution is -0.137. The van der Waals surface area contributed by atoms with Gasteiger partial charge < -0.3 is 15.8 Å². The molecule has 10 heteroatoms. The van der Waals surface area contributed by atoms with Crippen molar-refractivity contribution in [2.45, 2.75) is 30.5 Å². The molecule has 0 saturated heterocycles. The molecule has 0 spiro atoms. The fourth-order valence-corrected chi connectivity index (χ4v) is 4.21. The van der Waals surface area contributed by atoms with Crippen molar-refractivity contribution < 1.29 is 26.7 Å². The first kappa shape index (κ1) is 27.4. The summed E-state index contributed by atoms with van der Waals surface area (Å²) in [6, 6.07) is 15.9. The lowest BCUT2D eigenvalue weighted by Gasteiger charge is -2.21. The fourth-order valence-electron chi connectivity index (χ4n) is 3.31. The number of anilines is 1. The highest BCUT2D eigenvalue weighted by molar-refractivity contribution is 7.90. The molecule has 0 amide bonds. The summed E-state index contributed by atoms with van der Waals surface area (Å²) in [4.78, 5) is 0.137. The van der Waals surface area contributed by atoms with Crippen LogP contribution in [0.25, 0.3) is 16.8 Å². The molecule has 0 fully saturated rings. The van der Waals surface area contributed by atoms with Crippen LogP contribution in [0.3, 0.4) is 0 Å². The van der Waals surface area contributed by atoms with Gasteiger partial charge in [-0.3, -0.25) is 0 Å². The van der Waals surface area contributed by atoms with Crippen LogP contribution in [0.5, 0.6) is 0 Å². The van der Waals surface area contributed by atoms with Gasteiger partial charge in [-0.25, -0.2) is 8.42 Å². The molecule has 0 unspecified atom stereocenters. The van der Waals surface area contributed by atoms with E-state index < -0.39 is 27.2 Å². The summed E-state index contributed by atoms with van der Waals surface area (Å²) in [5.74, 6) is 0. The molecule has 3 N–H and O–H groups in total. The molecule has 3 rings (SSSR count). The molecular formula is C26H24ClF3N2O3S. The molecular weight excluding hydrogens is 513 g/mol. The summed E-state index contributed by atoms with van der Waals surface area (Å²) in [6.07, 6.45) is -2.43.